The molecule has 166 valence electrons. The number of nitrogens with one attached hydrogen (secondary N) is 2. The largest absolute Gasteiger partial charge is 0.495 e. The van der Waals surface area contributed by atoms with Crippen molar-refractivity contribution < 1.29 is 4.74 Å². The summed E-state index contributed by atoms with van der Waals surface area (Å²) in [5.74, 6) is 1.32. The fraction of sp³-hybridized carbons (Fsp3) is 0.0357. The lowest BCUT2D eigenvalue weighted by Crippen LogP contribution is -2.12. The first-order valence-electron chi connectivity index (χ1n) is 10.8. The van der Waals surface area contributed by atoms with Crippen LogP contribution in [0.3, 0.4) is 0 Å². The van der Waals surface area contributed by atoms with E-state index in [4.69, 9.17) is 15.9 Å². The molecular weight excluding hydrogens is 422 g/mol. The maximum atomic E-state index is 8.94. The zero-order valence-electron chi connectivity index (χ0n) is 18.6. The van der Waals surface area contributed by atoms with E-state index in [1.807, 2.05) is 78.9 Å². The predicted octanol–water partition coefficient (Wildman–Crippen LogP) is 6.05. The summed E-state index contributed by atoms with van der Waals surface area (Å²) in [7, 11) is 1.62. The molecule has 0 bridgehead atoms. The van der Waals surface area contributed by atoms with Crippen LogP contribution in [0, 0.1) is 5.41 Å². The third kappa shape index (κ3) is 4.04. The van der Waals surface area contributed by atoms with Gasteiger partial charge >= 0.3 is 0 Å². The second-order valence-electron chi connectivity index (χ2n) is 7.83. The molecule has 5 rings (SSSR count). The number of hydrogen-bond acceptors (Lipinski definition) is 6. The van der Waals surface area contributed by atoms with Crippen molar-refractivity contribution in [1.29, 1.82) is 5.41 Å². The van der Waals surface area contributed by atoms with Gasteiger partial charge in [0.1, 0.15) is 23.7 Å². The molecule has 1 aromatic heterocycles. The molecule has 1 heterocycles. The number of hydrogen-bond donors (Lipinski definition) is 3. The summed E-state index contributed by atoms with van der Waals surface area (Å²) in [5, 5.41) is 14.4. The second-order valence-corrected chi connectivity index (χ2v) is 7.83. The second kappa shape index (κ2) is 9.03. The smallest absolute Gasteiger partial charge is 0.145 e. The molecule has 0 atom stereocenters. The Morgan fingerprint density at radius 1 is 0.824 bits per heavy atom. The van der Waals surface area contributed by atoms with Crippen LogP contribution in [0.1, 0.15) is 11.1 Å². The Kier molecular flexibility index (Phi) is 5.62. The average molecular weight is 446 g/mol. The predicted molar refractivity (Wildman–Crippen MR) is 138 cm³/mol. The molecule has 6 heteroatoms. The summed E-state index contributed by atoms with van der Waals surface area (Å²) >= 11 is 0. The normalized spacial score (nSPS) is 10.7. The number of aromatic nitrogens is 2. The van der Waals surface area contributed by atoms with Gasteiger partial charge in [0.05, 0.1) is 24.1 Å². The van der Waals surface area contributed by atoms with Gasteiger partial charge in [-0.25, -0.2) is 9.97 Å². The van der Waals surface area contributed by atoms with Crippen LogP contribution in [-0.2, 0) is 0 Å². The number of anilines is 3. The maximum absolute atomic E-state index is 8.94. The number of methoxy groups -OCH3 is 1. The van der Waals surface area contributed by atoms with E-state index in [-0.39, 0.29) is 11.5 Å². The molecule has 0 fully saturated rings. The topological polar surface area (TPSA) is 96.9 Å². The third-order valence-electron chi connectivity index (χ3n) is 5.72. The number of benzene rings is 4. The molecule has 0 aliphatic carbocycles. The minimum atomic E-state index is 0.230. The van der Waals surface area contributed by atoms with Gasteiger partial charge in [0.15, 0.2) is 0 Å². The fourth-order valence-corrected chi connectivity index (χ4v) is 3.97. The third-order valence-corrected chi connectivity index (χ3v) is 5.72. The van der Waals surface area contributed by atoms with E-state index in [2.05, 4.69) is 27.4 Å². The monoisotopic (exact) mass is 445 g/mol. The Labute approximate surface area is 197 Å². The molecule has 6 nitrogen and oxygen atoms in total. The number of nitrogen functional groups attached to an aromatic ring is 1. The summed E-state index contributed by atoms with van der Waals surface area (Å²) in [6.07, 6.45) is 1.39. The van der Waals surface area contributed by atoms with Crippen LogP contribution in [-0.4, -0.2) is 22.8 Å². The van der Waals surface area contributed by atoms with E-state index in [9.17, 15) is 0 Å². The summed E-state index contributed by atoms with van der Waals surface area (Å²) < 4.78 is 5.58. The molecule has 4 N–H and O–H groups in total. The minimum Gasteiger partial charge on any atom is -0.495 e. The van der Waals surface area contributed by atoms with Crippen molar-refractivity contribution in [3.63, 3.8) is 0 Å². The van der Waals surface area contributed by atoms with E-state index in [0.29, 0.717) is 17.1 Å². The fourth-order valence-electron chi connectivity index (χ4n) is 3.97. The van der Waals surface area contributed by atoms with Gasteiger partial charge in [0, 0.05) is 5.56 Å². The Balaban J connectivity index is 1.56. The number of rotatable bonds is 6. The van der Waals surface area contributed by atoms with Gasteiger partial charge in [-0.05, 0) is 40.1 Å². The highest BCUT2D eigenvalue weighted by molar-refractivity contribution is 6.17. The summed E-state index contributed by atoms with van der Waals surface area (Å²) in [6, 6.07) is 29.9. The van der Waals surface area contributed by atoms with Crippen LogP contribution in [0.15, 0.2) is 97.3 Å². The van der Waals surface area contributed by atoms with Gasteiger partial charge in [0.2, 0.25) is 0 Å². The van der Waals surface area contributed by atoms with E-state index in [0.717, 1.165) is 33.2 Å². The lowest BCUT2D eigenvalue weighted by atomic mass is 9.99. The number of nitrogens with two attached hydrogens (primary N) is 1. The van der Waals surface area contributed by atoms with E-state index in [1.165, 1.54) is 6.33 Å². The zero-order chi connectivity index (χ0) is 23.5. The Morgan fingerprint density at radius 2 is 1.59 bits per heavy atom. The van der Waals surface area contributed by atoms with Crippen molar-refractivity contribution in [1.82, 2.24) is 9.97 Å². The molecule has 0 saturated carbocycles. The van der Waals surface area contributed by atoms with Crippen LogP contribution in [0.2, 0.25) is 0 Å². The van der Waals surface area contributed by atoms with Crippen LogP contribution >= 0.6 is 0 Å². The summed E-state index contributed by atoms with van der Waals surface area (Å²) in [6.45, 7) is 0. The van der Waals surface area contributed by atoms with Gasteiger partial charge in [-0.2, -0.15) is 0 Å². The van der Waals surface area contributed by atoms with Crippen molar-refractivity contribution >= 4 is 33.8 Å². The Hall–Kier alpha value is -4.71. The number of nitrogens with zero attached hydrogens (tertiary/aromatic N) is 2. The highest BCUT2D eigenvalue weighted by atomic mass is 16.5. The van der Waals surface area contributed by atoms with E-state index in [1.54, 1.807) is 7.11 Å². The molecule has 0 saturated heterocycles. The highest BCUT2D eigenvalue weighted by Gasteiger charge is 2.18. The standard InChI is InChI=1S/C28H23N5O/c1-34-24-14-13-21(18-7-3-2-4-8-18)16-23(24)33-28-25(27(30)31-17-32-28)26(29)22-12-11-19-9-5-6-10-20(19)15-22/h2-17,29H,1H3,(H3,30,31,32,33). The van der Waals surface area contributed by atoms with E-state index < -0.39 is 0 Å². The van der Waals surface area contributed by atoms with Crippen molar-refractivity contribution in [3.05, 3.63) is 108 Å². The zero-order valence-corrected chi connectivity index (χ0v) is 18.6. The van der Waals surface area contributed by atoms with Crippen molar-refractivity contribution in [2.75, 3.05) is 18.2 Å². The summed E-state index contributed by atoms with van der Waals surface area (Å²) in [5.41, 5.74) is 10.5. The first-order valence-corrected chi connectivity index (χ1v) is 10.8. The lowest BCUT2D eigenvalue weighted by molar-refractivity contribution is 0.417. The molecule has 34 heavy (non-hydrogen) atoms. The van der Waals surface area contributed by atoms with Crippen LogP contribution < -0.4 is 15.8 Å². The molecule has 5 aromatic rings. The molecule has 0 aliphatic heterocycles. The van der Waals surface area contributed by atoms with Gasteiger partial charge < -0.3 is 15.8 Å². The van der Waals surface area contributed by atoms with E-state index >= 15 is 0 Å². The Bertz CT molecular complexity index is 1500. The van der Waals surface area contributed by atoms with Crippen molar-refractivity contribution in [2.24, 2.45) is 0 Å². The lowest BCUT2D eigenvalue weighted by Gasteiger charge is -2.16. The van der Waals surface area contributed by atoms with Gasteiger partial charge in [-0.3, -0.25) is 5.41 Å². The summed E-state index contributed by atoms with van der Waals surface area (Å²) in [4.78, 5) is 8.58. The Morgan fingerprint density at radius 3 is 2.38 bits per heavy atom. The molecular formula is C28H23N5O. The first-order chi connectivity index (χ1) is 16.6. The van der Waals surface area contributed by atoms with Gasteiger partial charge in [0.25, 0.3) is 0 Å². The van der Waals surface area contributed by atoms with Crippen LogP contribution in [0.25, 0.3) is 21.9 Å². The minimum absolute atomic E-state index is 0.230. The van der Waals surface area contributed by atoms with Crippen LogP contribution in [0.5, 0.6) is 5.75 Å². The van der Waals surface area contributed by atoms with Gasteiger partial charge in [-0.1, -0.05) is 72.8 Å². The molecule has 0 spiro atoms. The molecule has 0 unspecified atom stereocenters. The number of fused-ring (bicyclic) bond motifs is 1. The number of ether oxygens (including phenoxy) is 1. The molecule has 4 aromatic carbocycles. The van der Waals surface area contributed by atoms with Crippen LogP contribution in [0.4, 0.5) is 17.3 Å². The highest BCUT2D eigenvalue weighted by Crippen LogP contribution is 2.34. The molecule has 0 aliphatic rings. The molecule has 0 amide bonds. The molecule has 0 radical (unpaired) electrons. The van der Waals surface area contributed by atoms with Crippen molar-refractivity contribution in [3.8, 4) is 16.9 Å². The average Bonchev–Trinajstić information content (AvgIpc) is 2.88. The quantitative estimate of drug-likeness (QED) is 0.277. The van der Waals surface area contributed by atoms with Gasteiger partial charge in [-0.15, -0.1) is 0 Å². The first kappa shape index (κ1) is 21.2. The maximum Gasteiger partial charge on any atom is 0.145 e. The van der Waals surface area contributed by atoms with Crippen molar-refractivity contribution in [2.45, 2.75) is 0 Å². The SMILES string of the molecule is COc1ccc(-c2ccccc2)cc1Nc1ncnc(N)c1C(=N)c1ccc2ccccc2c1.